The van der Waals surface area contributed by atoms with E-state index < -0.39 is 17.7 Å². The summed E-state index contributed by atoms with van der Waals surface area (Å²) in [6.07, 6.45) is 3.83. The molecule has 7 heteroatoms. The third-order valence-corrected chi connectivity index (χ3v) is 6.59. The molecule has 0 atom stereocenters. The molecule has 3 nitrogen and oxygen atoms in total. The van der Waals surface area contributed by atoms with Gasteiger partial charge < -0.3 is 14.6 Å². The summed E-state index contributed by atoms with van der Waals surface area (Å²) in [5.41, 5.74) is 1.95. The summed E-state index contributed by atoms with van der Waals surface area (Å²) in [5, 5.41) is 10.2. The summed E-state index contributed by atoms with van der Waals surface area (Å²) in [5.74, 6) is -0.762. The fourth-order valence-corrected chi connectivity index (χ4v) is 4.39. The molecule has 0 saturated heterocycles. The lowest BCUT2D eigenvalue weighted by Gasteiger charge is -2.12. The lowest BCUT2D eigenvalue weighted by Crippen LogP contribution is -2.08. The maximum atomic E-state index is 14.5. The summed E-state index contributed by atoms with van der Waals surface area (Å²) in [6, 6.07) is 20.6. The van der Waals surface area contributed by atoms with Crippen LogP contribution in [0.15, 0.2) is 84.9 Å². The zero-order valence-electron chi connectivity index (χ0n) is 22.1. The molecule has 0 amide bonds. The fourth-order valence-electron chi connectivity index (χ4n) is 4.39. The smallest absolute Gasteiger partial charge is 0.134 e. The van der Waals surface area contributed by atoms with E-state index in [0.717, 1.165) is 25.7 Å². The molecule has 210 valence electrons. The minimum Gasteiger partial charge on any atom is -0.493 e. The predicted molar refractivity (Wildman–Crippen MR) is 148 cm³/mol. The van der Waals surface area contributed by atoms with Crippen LogP contribution < -0.4 is 9.47 Å². The molecule has 0 aliphatic heterocycles. The molecule has 0 heterocycles. The predicted octanol–water partition coefficient (Wildman–Crippen LogP) is 8.74. The molecule has 0 unspecified atom stereocenters. The number of unbranched alkanes of at least 4 members (excludes halogenated alkanes) is 2. The summed E-state index contributed by atoms with van der Waals surface area (Å²) >= 11 is 0. The summed E-state index contributed by atoms with van der Waals surface area (Å²) in [4.78, 5) is 0. The summed E-state index contributed by atoms with van der Waals surface area (Å²) in [6.45, 7) is 0.818. The number of hydrogen-bond acceptors (Lipinski definition) is 3. The SMILES string of the molecule is OC(CCCCOc1ccc(-c2ccc(F)cc2)c(F)c1)CCCCOc1ccc(-c2ccc(F)cc2)c(F)c1. The van der Waals surface area contributed by atoms with Crippen molar-refractivity contribution in [1.29, 1.82) is 0 Å². The first-order valence-corrected chi connectivity index (χ1v) is 13.4. The second-order valence-electron chi connectivity index (χ2n) is 9.64. The largest absolute Gasteiger partial charge is 0.493 e. The summed E-state index contributed by atoms with van der Waals surface area (Å²) in [7, 11) is 0. The zero-order chi connectivity index (χ0) is 28.3. The first-order chi connectivity index (χ1) is 19.4. The van der Waals surface area contributed by atoms with Gasteiger partial charge in [0.15, 0.2) is 0 Å². The molecule has 0 aliphatic rings. The molecular formula is C33H32F4O3. The first-order valence-electron chi connectivity index (χ1n) is 13.4. The van der Waals surface area contributed by atoms with E-state index in [2.05, 4.69) is 0 Å². The monoisotopic (exact) mass is 552 g/mol. The van der Waals surface area contributed by atoms with Crippen molar-refractivity contribution < 1.29 is 32.1 Å². The van der Waals surface area contributed by atoms with Crippen LogP contribution in [0, 0.1) is 23.3 Å². The minimum atomic E-state index is -0.435. The molecule has 0 aromatic heterocycles. The number of halogens is 4. The van der Waals surface area contributed by atoms with Crippen LogP contribution in [-0.2, 0) is 0 Å². The quantitative estimate of drug-likeness (QED) is 0.126. The Morgan fingerprint density at radius 1 is 0.525 bits per heavy atom. The Labute approximate surface area is 232 Å². The number of aliphatic hydroxyl groups excluding tert-OH is 1. The van der Waals surface area contributed by atoms with Gasteiger partial charge in [-0.1, -0.05) is 24.3 Å². The van der Waals surface area contributed by atoms with Gasteiger partial charge in [0.05, 0.1) is 19.3 Å². The van der Waals surface area contributed by atoms with Crippen LogP contribution in [0.25, 0.3) is 22.3 Å². The van der Waals surface area contributed by atoms with Crippen LogP contribution in [0.1, 0.15) is 38.5 Å². The standard InChI is InChI=1S/C33H32F4O3/c34-25-11-7-23(8-12-25)30-17-15-28(21-32(30)36)39-19-3-1-5-27(38)6-2-4-20-40-29-16-18-31(33(37)22-29)24-9-13-26(35)14-10-24/h7-18,21-22,27,38H,1-6,19-20H2. The van der Waals surface area contributed by atoms with Crippen LogP contribution in [0.2, 0.25) is 0 Å². The lowest BCUT2D eigenvalue weighted by atomic mass is 10.0. The highest BCUT2D eigenvalue weighted by Crippen LogP contribution is 2.28. The Balaban J connectivity index is 1.07. The molecule has 0 fully saturated rings. The van der Waals surface area contributed by atoms with Crippen molar-refractivity contribution in [2.45, 2.75) is 44.6 Å². The topological polar surface area (TPSA) is 38.7 Å². The van der Waals surface area contributed by atoms with Crippen molar-refractivity contribution >= 4 is 0 Å². The average molecular weight is 553 g/mol. The highest BCUT2D eigenvalue weighted by Gasteiger charge is 2.10. The van der Waals surface area contributed by atoms with E-state index in [9.17, 15) is 22.7 Å². The van der Waals surface area contributed by atoms with Gasteiger partial charge >= 0.3 is 0 Å². The Morgan fingerprint density at radius 3 is 1.30 bits per heavy atom. The van der Waals surface area contributed by atoms with Crippen molar-refractivity contribution in [3.05, 3.63) is 108 Å². The van der Waals surface area contributed by atoms with Crippen molar-refractivity contribution in [3.8, 4) is 33.8 Å². The third-order valence-electron chi connectivity index (χ3n) is 6.59. The van der Waals surface area contributed by atoms with E-state index in [1.54, 1.807) is 24.3 Å². The van der Waals surface area contributed by atoms with Crippen LogP contribution >= 0.6 is 0 Å². The van der Waals surface area contributed by atoms with Crippen molar-refractivity contribution in [3.63, 3.8) is 0 Å². The van der Waals surface area contributed by atoms with E-state index in [0.29, 0.717) is 59.8 Å². The van der Waals surface area contributed by atoms with Gasteiger partial charge in [0.1, 0.15) is 34.8 Å². The van der Waals surface area contributed by atoms with E-state index in [1.807, 2.05) is 0 Å². The maximum absolute atomic E-state index is 14.5. The number of rotatable bonds is 14. The second-order valence-corrected chi connectivity index (χ2v) is 9.64. The lowest BCUT2D eigenvalue weighted by molar-refractivity contribution is 0.143. The normalized spacial score (nSPS) is 11.2. The van der Waals surface area contributed by atoms with Gasteiger partial charge in [-0.05, 0) is 98.2 Å². The number of hydrogen-bond donors (Lipinski definition) is 1. The van der Waals surface area contributed by atoms with Crippen molar-refractivity contribution in [2.24, 2.45) is 0 Å². The molecular weight excluding hydrogens is 520 g/mol. The Bertz CT molecular complexity index is 1250. The van der Waals surface area contributed by atoms with E-state index >= 15 is 0 Å². The zero-order valence-corrected chi connectivity index (χ0v) is 22.1. The van der Waals surface area contributed by atoms with Crippen molar-refractivity contribution in [2.75, 3.05) is 13.2 Å². The van der Waals surface area contributed by atoms with Gasteiger partial charge in [-0.2, -0.15) is 0 Å². The number of ether oxygens (including phenoxy) is 2. The Hall–Kier alpha value is -3.84. The van der Waals surface area contributed by atoms with Gasteiger partial charge in [0, 0.05) is 23.3 Å². The average Bonchev–Trinajstić information content (AvgIpc) is 2.94. The summed E-state index contributed by atoms with van der Waals surface area (Å²) < 4.78 is 66.4. The molecule has 40 heavy (non-hydrogen) atoms. The fraction of sp³-hybridized carbons (Fsp3) is 0.273. The van der Waals surface area contributed by atoms with E-state index in [-0.39, 0.29) is 11.6 Å². The molecule has 1 N–H and O–H groups in total. The molecule has 4 aromatic rings. The Kier molecular flexibility index (Phi) is 10.6. The van der Waals surface area contributed by atoms with Gasteiger partial charge in [0.2, 0.25) is 0 Å². The number of benzene rings is 4. The van der Waals surface area contributed by atoms with Crippen LogP contribution in [0.4, 0.5) is 17.6 Å². The molecule has 0 bridgehead atoms. The van der Waals surface area contributed by atoms with Crippen LogP contribution in [0.5, 0.6) is 11.5 Å². The molecule has 0 aliphatic carbocycles. The highest BCUT2D eigenvalue weighted by atomic mass is 19.1. The second kappa shape index (κ2) is 14.5. The van der Waals surface area contributed by atoms with Gasteiger partial charge in [-0.25, -0.2) is 17.6 Å². The Morgan fingerprint density at radius 2 is 0.925 bits per heavy atom. The molecule has 0 saturated carbocycles. The molecule has 4 aromatic carbocycles. The minimum absolute atomic E-state index is 0.371. The van der Waals surface area contributed by atoms with E-state index in [4.69, 9.17) is 9.47 Å². The number of aliphatic hydroxyl groups is 1. The van der Waals surface area contributed by atoms with E-state index in [1.165, 1.54) is 60.7 Å². The molecule has 0 radical (unpaired) electrons. The molecule has 0 spiro atoms. The molecule has 4 rings (SSSR count). The maximum Gasteiger partial charge on any atom is 0.134 e. The first kappa shape index (κ1) is 29.2. The highest BCUT2D eigenvalue weighted by molar-refractivity contribution is 5.65. The van der Waals surface area contributed by atoms with Gasteiger partial charge in [-0.3, -0.25) is 0 Å². The van der Waals surface area contributed by atoms with Crippen LogP contribution in [0.3, 0.4) is 0 Å². The third kappa shape index (κ3) is 8.58. The van der Waals surface area contributed by atoms with Gasteiger partial charge in [0.25, 0.3) is 0 Å². The van der Waals surface area contributed by atoms with Crippen LogP contribution in [-0.4, -0.2) is 24.4 Å². The van der Waals surface area contributed by atoms with Crippen molar-refractivity contribution in [1.82, 2.24) is 0 Å². The van der Waals surface area contributed by atoms with Gasteiger partial charge in [-0.15, -0.1) is 0 Å².